The van der Waals surface area contributed by atoms with E-state index in [9.17, 15) is 10.1 Å². The molecule has 0 bridgehead atoms. The average molecular weight is 292 g/mol. The molecule has 0 fully saturated rings. The van der Waals surface area contributed by atoms with Gasteiger partial charge in [0.1, 0.15) is 5.60 Å². The first-order valence-electron chi connectivity index (χ1n) is 6.37. The van der Waals surface area contributed by atoms with Crippen molar-refractivity contribution in [2.75, 3.05) is 12.3 Å². The second kappa shape index (κ2) is 5.49. The second-order valence-electron chi connectivity index (χ2n) is 4.90. The molecule has 0 aliphatic carbocycles. The number of nitrogen functional groups attached to an aromatic ring is 1. The van der Waals surface area contributed by atoms with Crippen molar-refractivity contribution < 1.29 is 14.2 Å². The van der Waals surface area contributed by atoms with Crippen LogP contribution in [0, 0.1) is 10.1 Å². The molecule has 0 spiro atoms. The maximum atomic E-state index is 10.7. The number of nitrogens with two attached hydrogens (primary N) is 1. The number of ether oxygens (including phenoxy) is 1. The van der Waals surface area contributed by atoms with Gasteiger partial charge in [0.15, 0.2) is 0 Å². The van der Waals surface area contributed by atoms with Gasteiger partial charge in [-0.25, -0.2) is 0 Å². The summed E-state index contributed by atoms with van der Waals surface area (Å²) in [7, 11) is 0. The Bertz CT molecular complexity index is 666. The minimum atomic E-state index is -0.688. The summed E-state index contributed by atoms with van der Waals surface area (Å²) >= 11 is 0. The second-order valence-corrected chi connectivity index (χ2v) is 4.90. The molecule has 0 saturated carbocycles. The Labute approximate surface area is 121 Å². The van der Waals surface area contributed by atoms with Crippen LogP contribution >= 0.6 is 0 Å². The maximum Gasteiger partial charge on any atom is 0.271 e. The maximum absolute atomic E-state index is 10.7. The molecule has 8 heteroatoms. The average Bonchev–Trinajstić information content (AvgIpc) is 2.88. The molecule has 0 unspecified atom stereocenters. The van der Waals surface area contributed by atoms with Gasteiger partial charge in [0, 0.05) is 18.7 Å². The van der Waals surface area contributed by atoms with Gasteiger partial charge >= 0.3 is 0 Å². The number of anilines is 1. The lowest BCUT2D eigenvalue weighted by Crippen LogP contribution is -2.23. The van der Waals surface area contributed by atoms with Crippen LogP contribution in [0.5, 0.6) is 0 Å². The molecule has 0 radical (unpaired) electrons. The first-order chi connectivity index (χ1) is 9.85. The van der Waals surface area contributed by atoms with Crippen LogP contribution in [-0.4, -0.2) is 21.7 Å². The zero-order chi connectivity index (χ0) is 15.6. The summed E-state index contributed by atoms with van der Waals surface area (Å²) in [6, 6.07) is 4.08. The molecule has 1 heterocycles. The fraction of sp³-hybridized carbons (Fsp3) is 0.385. The number of benzene rings is 1. The predicted octanol–water partition coefficient (Wildman–Crippen LogP) is 2.50. The highest BCUT2D eigenvalue weighted by Crippen LogP contribution is 2.30. The van der Waals surface area contributed by atoms with Gasteiger partial charge in [0.05, 0.1) is 16.2 Å². The van der Waals surface area contributed by atoms with Crippen LogP contribution in [0.2, 0.25) is 0 Å². The van der Waals surface area contributed by atoms with Gasteiger partial charge < -0.3 is 15.0 Å². The van der Waals surface area contributed by atoms with Crippen LogP contribution in [0.1, 0.15) is 26.6 Å². The van der Waals surface area contributed by atoms with Crippen molar-refractivity contribution >= 4 is 11.4 Å². The smallest absolute Gasteiger partial charge is 0.271 e. The van der Waals surface area contributed by atoms with E-state index in [1.54, 1.807) is 0 Å². The molecule has 0 aliphatic rings. The molecule has 0 atom stereocenters. The molecule has 0 amide bonds. The van der Waals surface area contributed by atoms with Crippen LogP contribution in [0.25, 0.3) is 11.5 Å². The predicted molar refractivity (Wildman–Crippen MR) is 75.5 cm³/mol. The molecule has 2 aromatic rings. The minimum Gasteiger partial charge on any atom is -0.398 e. The van der Waals surface area contributed by atoms with E-state index < -0.39 is 10.5 Å². The van der Waals surface area contributed by atoms with Crippen molar-refractivity contribution in [1.82, 2.24) is 10.1 Å². The van der Waals surface area contributed by atoms with Crippen molar-refractivity contribution in [3.8, 4) is 11.5 Å². The summed E-state index contributed by atoms with van der Waals surface area (Å²) in [4.78, 5) is 14.4. The highest BCUT2D eigenvalue weighted by Gasteiger charge is 2.28. The standard InChI is InChI=1S/C13H16N4O4/c1-4-20-13(2,3)12-15-11(21-16-12)9-6-5-8(17(18)19)7-10(9)14/h5-7H,4,14H2,1-3H3. The van der Waals surface area contributed by atoms with Gasteiger partial charge in [-0.15, -0.1) is 0 Å². The Hall–Kier alpha value is -2.48. The Morgan fingerprint density at radius 2 is 2.19 bits per heavy atom. The quantitative estimate of drug-likeness (QED) is 0.511. The van der Waals surface area contributed by atoms with Crippen molar-refractivity contribution in [3.05, 3.63) is 34.1 Å². The minimum absolute atomic E-state index is 0.0920. The molecule has 21 heavy (non-hydrogen) atoms. The Morgan fingerprint density at radius 1 is 1.48 bits per heavy atom. The summed E-state index contributed by atoms with van der Waals surface area (Å²) in [5.74, 6) is 0.585. The lowest BCUT2D eigenvalue weighted by molar-refractivity contribution is -0.384. The van der Waals surface area contributed by atoms with Crippen molar-refractivity contribution in [2.45, 2.75) is 26.4 Å². The summed E-state index contributed by atoms with van der Waals surface area (Å²) in [5.41, 5.74) is 5.68. The van der Waals surface area contributed by atoms with Gasteiger partial charge in [-0.05, 0) is 26.8 Å². The van der Waals surface area contributed by atoms with Gasteiger partial charge in [-0.3, -0.25) is 10.1 Å². The Kier molecular flexibility index (Phi) is 3.90. The van der Waals surface area contributed by atoms with Gasteiger partial charge in [0.25, 0.3) is 11.6 Å². The molecule has 0 aliphatic heterocycles. The fourth-order valence-corrected chi connectivity index (χ4v) is 1.86. The number of hydrogen-bond acceptors (Lipinski definition) is 7. The lowest BCUT2D eigenvalue weighted by Gasteiger charge is -2.19. The number of nitro groups is 1. The van der Waals surface area contributed by atoms with E-state index in [1.165, 1.54) is 18.2 Å². The third kappa shape index (κ3) is 3.00. The molecule has 2 rings (SSSR count). The summed E-state index contributed by atoms with van der Waals surface area (Å²) in [6.45, 7) is 6.03. The third-order valence-corrected chi connectivity index (χ3v) is 2.95. The van der Waals surface area contributed by atoms with Crippen LogP contribution in [0.15, 0.2) is 22.7 Å². The molecule has 8 nitrogen and oxygen atoms in total. The number of non-ortho nitro benzene ring substituents is 1. The largest absolute Gasteiger partial charge is 0.398 e. The van der Waals surface area contributed by atoms with E-state index in [0.717, 1.165) is 0 Å². The first-order valence-corrected chi connectivity index (χ1v) is 6.37. The number of hydrogen-bond donors (Lipinski definition) is 1. The normalized spacial score (nSPS) is 11.6. The molecule has 1 aromatic carbocycles. The van der Waals surface area contributed by atoms with E-state index in [-0.39, 0.29) is 17.3 Å². The van der Waals surface area contributed by atoms with Crippen LogP contribution in [0.4, 0.5) is 11.4 Å². The van der Waals surface area contributed by atoms with Gasteiger partial charge in [-0.1, -0.05) is 5.16 Å². The number of rotatable bonds is 5. The van der Waals surface area contributed by atoms with Crippen LogP contribution in [-0.2, 0) is 10.3 Å². The fourth-order valence-electron chi connectivity index (χ4n) is 1.86. The highest BCUT2D eigenvalue weighted by atomic mass is 16.6. The lowest BCUT2D eigenvalue weighted by atomic mass is 10.1. The molecule has 0 saturated heterocycles. The molecule has 2 N–H and O–H groups in total. The topological polar surface area (TPSA) is 117 Å². The van der Waals surface area contributed by atoms with E-state index >= 15 is 0 Å². The van der Waals surface area contributed by atoms with Gasteiger partial charge in [-0.2, -0.15) is 4.98 Å². The van der Waals surface area contributed by atoms with Crippen molar-refractivity contribution in [3.63, 3.8) is 0 Å². The van der Waals surface area contributed by atoms with Gasteiger partial charge in [0.2, 0.25) is 5.82 Å². The van der Waals surface area contributed by atoms with Crippen molar-refractivity contribution in [2.24, 2.45) is 0 Å². The van der Waals surface area contributed by atoms with E-state index in [2.05, 4.69) is 10.1 Å². The summed E-state index contributed by atoms with van der Waals surface area (Å²) in [5, 5.41) is 14.6. The van der Waals surface area contributed by atoms with E-state index in [1.807, 2.05) is 20.8 Å². The summed E-state index contributed by atoms with van der Waals surface area (Å²) < 4.78 is 10.7. The van der Waals surface area contributed by atoms with Crippen molar-refractivity contribution in [1.29, 1.82) is 0 Å². The molecule has 1 aromatic heterocycles. The Balaban J connectivity index is 2.36. The summed E-state index contributed by atoms with van der Waals surface area (Å²) in [6.07, 6.45) is 0. The number of aromatic nitrogens is 2. The highest BCUT2D eigenvalue weighted by molar-refractivity contribution is 5.72. The number of nitro benzene ring substituents is 1. The molecular weight excluding hydrogens is 276 g/mol. The third-order valence-electron chi connectivity index (χ3n) is 2.95. The molecule has 112 valence electrons. The zero-order valence-electron chi connectivity index (χ0n) is 12.0. The number of nitrogens with zero attached hydrogens (tertiary/aromatic N) is 3. The van der Waals surface area contributed by atoms with Crippen LogP contribution in [0.3, 0.4) is 0 Å². The van der Waals surface area contributed by atoms with E-state index in [0.29, 0.717) is 18.0 Å². The van der Waals surface area contributed by atoms with Crippen LogP contribution < -0.4 is 5.73 Å². The monoisotopic (exact) mass is 292 g/mol. The zero-order valence-corrected chi connectivity index (χ0v) is 12.0. The SMILES string of the molecule is CCOC(C)(C)c1noc(-c2ccc([N+](=O)[O-])cc2N)n1. The molecular formula is C13H16N4O4. The van der Waals surface area contributed by atoms with E-state index in [4.69, 9.17) is 15.0 Å². The first kappa shape index (κ1) is 14.9. The Morgan fingerprint density at radius 3 is 2.76 bits per heavy atom.